The maximum Gasteiger partial charge on any atom is 0.303 e. The summed E-state index contributed by atoms with van der Waals surface area (Å²) in [6, 6.07) is 15.9. The summed E-state index contributed by atoms with van der Waals surface area (Å²) in [5, 5.41) is 12.7. The number of carboxylic acids is 1. The van der Waals surface area contributed by atoms with Crippen LogP contribution < -0.4 is 5.32 Å². The van der Waals surface area contributed by atoms with Crippen LogP contribution in [-0.4, -0.2) is 63.5 Å². The molecule has 40 heavy (non-hydrogen) atoms. The fourth-order valence-electron chi connectivity index (χ4n) is 5.69. The molecule has 3 atom stereocenters. The molecule has 3 aliphatic rings. The third kappa shape index (κ3) is 6.58. The molecule has 0 saturated carbocycles. The highest BCUT2D eigenvalue weighted by Crippen LogP contribution is 2.37. The van der Waals surface area contributed by atoms with Gasteiger partial charge in [-0.05, 0) is 68.9 Å². The number of hydrogen-bond acceptors (Lipinski definition) is 5. The van der Waals surface area contributed by atoms with E-state index in [-0.39, 0.29) is 29.8 Å². The molecule has 210 valence electrons. The lowest BCUT2D eigenvalue weighted by Crippen LogP contribution is -2.53. The number of unbranched alkanes of at least 4 members (excludes halogenated alkanes) is 1. The van der Waals surface area contributed by atoms with Crippen molar-refractivity contribution >= 4 is 40.6 Å². The average molecular weight is 561 g/mol. The van der Waals surface area contributed by atoms with E-state index in [2.05, 4.69) is 47.5 Å². The summed E-state index contributed by atoms with van der Waals surface area (Å²) in [6.45, 7) is 4.31. The number of aliphatic carboxylic acids is 1. The minimum Gasteiger partial charge on any atom is -0.481 e. The topological polar surface area (TPSA) is 85.2 Å². The number of rotatable bonds is 8. The molecule has 1 fully saturated rings. The summed E-state index contributed by atoms with van der Waals surface area (Å²) in [4.78, 5) is 34.0. The largest absolute Gasteiger partial charge is 0.481 e. The maximum absolute atomic E-state index is 13.7. The Kier molecular flexibility index (Phi) is 8.90. The van der Waals surface area contributed by atoms with Crippen molar-refractivity contribution in [3.05, 3.63) is 83.6 Å². The van der Waals surface area contributed by atoms with Gasteiger partial charge in [-0.1, -0.05) is 42.5 Å². The molecule has 0 aromatic heterocycles. The zero-order chi connectivity index (χ0) is 28.1. The number of amides is 1. The molecule has 2 unspecified atom stereocenters. The first-order valence-corrected chi connectivity index (χ1v) is 14.7. The van der Waals surface area contributed by atoms with Gasteiger partial charge in [0.2, 0.25) is 0 Å². The SMILES string of the molecule is C[C@H]1CN(C2=CCCC(Cl)C=C2)CCN1C(=O)c1ccc2c(c1)N=C(CCCCC(=O)O)C(c1ccccc1)N2. The van der Waals surface area contributed by atoms with Crippen LogP contribution in [-0.2, 0) is 4.79 Å². The molecule has 2 aromatic carbocycles. The fourth-order valence-corrected chi connectivity index (χ4v) is 5.89. The zero-order valence-corrected chi connectivity index (χ0v) is 23.7. The van der Waals surface area contributed by atoms with Gasteiger partial charge in [-0.2, -0.15) is 0 Å². The molecule has 2 aromatic rings. The highest BCUT2D eigenvalue weighted by atomic mass is 35.5. The summed E-state index contributed by atoms with van der Waals surface area (Å²) < 4.78 is 0. The van der Waals surface area contributed by atoms with Gasteiger partial charge in [0.25, 0.3) is 5.91 Å². The van der Waals surface area contributed by atoms with Crippen molar-refractivity contribution in [2.24, 2.45) is 4.99 Å². The summed E-state index contributed by atoms with van der Waals surface area (Å²) in [7, 11) is 0. The minimum absolute atomic E-state index is 0.0181. The number of carbonyl (C=O) groups excluding carboxylic acids is 1. The number of piperazine rings is 1. The number of carboxylic acid groups (broad SMARTS) is 1. The molecule has 1 amide bonds. The van der Waals surface area contributed by atoms with E-state index in [9.17, 15) is 9.59 Å². The summed E-state index contributed by atoms with van der Waals surface area (Å²) in [5.74, 6) is -0.761. The lowest BCUT2D eigenvalue weighted by atomic mass is 9.95. The van der Waals surface area contributed by atoms with Crippen molar-refractivity contribution in [3.8, 4) is 0 Å². The number of allylic oxidation sites excluding steroid dienone is 3. The summed E-state index contributed by atoms with van der Waals surface area (Å²) in [5.41, 5.74) is 5.53. The molecule has 2 aliphatic heterocycles. The maximum atomic E-state index is 13.7. The van der Waals surface area contributed by atoms with Crippen molar-refractivity contribution in [2.45, 2.75) is 62.9 Å². The number of carbonyl (C=O) groups is 2. The molecular formula is C32H37ClN4O3. The normalized spacial score (nSPS) is 22.5. The zero-order valence-electron chi connectivity index (χ0n) is 22.9. The molecule has 0 spiro atoms. The molecule has 8 heteroatoms. The number of hydrogen-bond donors (Lipinski definition) is 2. The van der Waals surface area contributed by atoms with Gasteiger partial charge in [0.15, 0.2) is 0 Å². The first kappa shape index (κ1) is 28.0. The van der Waals surface area contributed by atoms with Crippen LogP contribution >= 0.6 is 11.6 Å². The lowest BCUT2D eigenvalue weighted by Gasteiger charge is -2.41. The van der Waals surface area contributed by atoms with Gasteiger partial charge >= 0.3 is 5.97 Å². The van der Waals surface area contributed by atoms with Gasteiger partial charge in [0.05, 0.1) is 22.8 Å². The molecule has 1 aliphatic carbocycles. The highest BCUT2D eigenvalue weighted by Gasteiger charge is 2.30. The smallest absolute Gasteiger partial charge is 0.303 e. The average Bonchev–Trinajstić information content (AvgIpc) is 3.19. The first-order chi connectivity index (χ1) is 19.4. The number of fused-ring (bicyclic) bond motifs is 1. The summed E-state index contributed by atoms with van der Waals surface area (Å²) >= 11 is 6.30. The molecule has 7 nitrogen and oxygen atoms in total. The second-order valence-electron chi connectivity index (χ2n) is 10.8. The van der Waals surface area contributed by atoms with E-state index in [4.69, 9.17) is 21.7 Å². The Hall–Kier alpha value is -3.58. The third-order valence-electron chi connectivity index (χ3n) is 7.87. The van der Waals surface area contributed by atoms with Crippen LogP contribution in [0.5, 0.6) is 0 Å². The van der Waals surface area contributed by atoms with Crippen molar-refractivity contribution in [2.75, 3.05) is 25.0 Å². The Morgan fingerprint density at radius 2 is 1.95 bits per heavy atom. The Labute approximate surface area is 241 Å². The highest BCUT2D eigenvalue weighted by molar-refractivity contribution is 6.21. The predicted molar refractivity (Wildman–Crippen MR) is 161 cm³/mol. The standard InChI is InChI=1S/C32H37ClN4O3/c1-22-21-36(26-11-7-10-25(33)15-16-26)18-19-37(22)32(40)24-14-17-27-29(20-24)34-28(12-5-6-13-30(38)39)31(35-27)23-8-3-2-4-9-23/h2-4,8-9,11,14-17,20,22,25,31,35H,5-7,10,12-13,18-19,21H2,1H3,(H,38,39)/t22-,25?,31?/m0/s1. The monoisotopic (exact) mass is 560 g/mol. The Morgan fingerprint density at radius 1 is 1.12 bits per heavy atom. The van der Waals surface area contributed by atoms with Crippen LogP contribution in [0.2, 0.25) is 0 Å². The number of nitrogens with one attached hydrogen (secondary N) is 1. The van der Waals surface area contributed by atoms with E-state index in [1.54, 1.807) is 0 Å². The van der Waals surface area contributed by atoms with E-state index < -0.39 is 5.97 Å². The van der Waals surface area contributed by atoms with Crippen molar-refractivity contribution in [1.82, 2.24) is 9.80 Å². The first-order valence-electron chi connectivity index (χ1n) is 14.2. The Morgan fingerprint density at radius 3 is 2.73 bits per heavy atom. The van der Waals surface area contributed by atoms with E-state index in [1.165, 1.54) is 5.70 Å². The summed E-state index contributed by atoms with van der Waals surface area (Å²) in [6.07, 6.45) is 10.5. The number of halogens is 1. The number of anilines is 1. The van der Waals surface area contributed by atoms with Crippen LogP contribution in [0.3, 0.4) is 0 Å². The molecule has 5 rings (SSSR count). The van der Waals surface area contributed by atoms with Gasteiger partial charge in [0.1, 0.15) is 0 Å². The molecule has 2 N–H and O–H groups in total. The van der Waals surface area contributed by atoms with Crippen molar-refractivity contribution in [1.29, 1.82) is 0 Å². The van der Waals surface area contributed by atoms with E-state index in [0.29, 0.717) is 24.9 Å². The van der Waals surface area contributed by atoms with Crippen LogP contribution in [0, 0.1) is 0 Å². The van der Waals surface area contributed by atoms with Crippen molar-refractivity contribution in [3.63, 3.8) is 0 Å². The second kappa shape index (κ2) is 12.7. The quantitative estimate of drug-likeness (QED) is 0.282. The van der Waals surface area contributed by atoms with Crippen molar-refractivity contribution < 1.29 is 14.7 Å². The fraction of sp³-hybridized carbons (Fsp3) is 0.406. The third-order valence-corrected chi connectivity index (χ3v) is 8.24. The Balaban J connectivity index is 1.31. The molecule has 1 saturated heterocycles. The van der Waals surface area contributed by atoms with E-state index in [1.807, 2.05) is 41.3 Å². The molecular weight excluding hydrogens is 524 g/mol. The van der Waals surface area contributed by atoms with E-state index >= 15 is 0 Å². The second-order valence-corrected chi connectivity index (χ2v) is 11.4. The van der Waals surface area contributed by atoms with Gasteiger partial charge in [-0.25, -0.2) is 0 Å². The molecule has 0 bridgehead atoms. The minimum atomic E-state index is -0.779. The number of benzene rings is 2. The van der Waals surface area contributed by atoms with Gasteiger partial charge in [-0.3, -0.25) is 14.6 Å². The van der Waals surface area contributed by atoms with Crippen LogP contribution in [0.25, 0.3) is 0 Å². The number of alkyl halides is 1. The lowest BCUT2D eigenvalue weighted by molar-refractivity contribution is -0.137. The van der Waals surface area contributed by atoms with Gasteiger partial charge in [-0.15, -0.1) is 11.6 Å². The Bertz CT molecular complexity index is 1320. The number of nitrogens with zero attached hydrogens (tertiary/aromatic N) is 3. The van der Waals surface area contributed by atoms with Gasteiger partial charge < -0.3 is 20.2 Å². The molecule has 2 heterocycles. The van der Waals surface area contributed by atoms with Crippen LogP contribution in [0.15, 0.2) is 77.4 Å². The van der Waals surface area contributed by atoms with Crippen LogP contribution in [0.4, 0.5) is 11.4 Å². The number of aliphatic imine (C=N–C) groups is 1. The van der Waals surface area contributed by atoms with E-state index in [0.717, 1.165) is 55.0 Å². The predicted octanol–water partition coefficient (Wildman–Crippen LogP) is 6.56. The van der Waals surface area contributed by atoms with Crippen LogP contribution in [0.1, 0.15) is 67.4 Å². The molecule has 0 radical (unpaired) electrons. The van der Waals surface area contributed by atoms with Gasteiger partial charge in [0, 0.05) is 49.1 Å².